The minimum Gasteiger partial charge on any atom is -0.388 e. The molecular weight excluding hydrogens is 172 g/mol. The van der Waals surface area contributed by atoms with Crippen LogP contribution in [0, 0.1) is 0 Å². The van der Waals surface area contributed by atoms with Crippen LogP contribution in [0.15, 0.2) is 0 Å². The van der Waals surface area contributed by atoms with Gasteiger partial charge in [0.25, 0.3) is 0 Å². The Balaban J connectivity index is 2.71. The third-order valence-corrected chi connectivity index (χ3v) is 2.58. The van der Waals surface area contributed by atoms with Crippen molar-refractivity contribution in [3.8, 4) is 0 Å². The molecule has 0 radical (unpaired) electrons. The molecule has 1 saturated heterocycles. The van der Waals surface area contributed by atoms with E-state index in [1.807, 2.05) is 13.8 Å². The van der Waals surface area contributed by atoms with E-state index in [0.29, 0.717) is 0 Å². The molecule has 5 unspecified atom stereocenters. The Morgan fingerprint density at radius 2 is 1.54 bits per heavy atom. The summed E-state index contributed by atoms with van der Waals surface area (Å²) in [5, 5.41) is 9.73. The zero-order valence-electron chi connectivity index (χ0n) is 8.56. The largest absolute Gasteiger partial charge is 0.388 e. The molecule has 4 heteroatoms. The van der Waals surface area contributed by atoms with Crippen molar-refractivity contribution in [2.45, 2.75) is 44.4 Å². The molecule has 0 bridgehead atoms. The quantitative estimate of drug-likeness (QED) is 0.675. The van der Waals surface area contributed by atoms with Crippen molar-refractivity contribution in [2.24, 2.45) is 0 Å². The van der Waals surface area contributed by atoms with Gasteiger partial charge in [0.2, 0.25) is 0 Å². The van der Waals surface area contributed by atoms with Gasteiger partial charge in [0.15, 0.2) is 0 Å². The van der Waals surface area contributed by atoms with Gasteiger partial charge in [-0.25, -0.2) is 0 Å². The van der Waals surface area contributed by atoms with Gasteiger partial charge >= 0.3 is 0 Å². The molecule has 1 N–H and O–H groups in total. The summed E-state index contributed by atoms with van der Waals surface area (Å²) < 4.78 is 15.9. The average molecular weight is 190 g/mol. The maximum atomic E-state index is 9.73. The number of aliphatic hydroxyl groups is 1. The minimum absolute atomic E-state index is 0.0478. The van der Waals surface area contributed by atoms with E-state index in [-0.39, 0.29) is 24.4 Å². The van der Waals surface area contributed by atoms with Crippen LogP contribution in [-0.4, -0.2) is 49.8 Å². The highest BCUT2D eigenvalue weighted by atomic mass is 16.6. The monoisotopic (exact) mass is 190 g/mol. The highest BCUT2D eigenvalue weighted by Crippen LogP contribution is 2.24. The van der Waals surface area contributed by atoms with Crippen molar-refractivity contribution in [3.63, 3.8) is 0 Å². The van der Waals surface area contributed by atoms with Crippen molar-refractivity contribution < 1.29 is 19.3 Å². The van der Waals surface area contributed by atoms with E-state index in [2.05, 4.69) is 0 Å². The van der Waals surface area contributed by atoms with Gasteiger partial charge in [0.05, 0.1) is 12.2 Å². The summed E-state index contributed by atoms with van der Waals surface area (Å²) >= 11 is 0. The lowest BCUT2D eigenvalue weighted by molar-refractivity contribution is -0.226. The van der Waals surface area contributed by atoms with Crippen LogP contribution in [0.4, 0.5) is 0 Å². The van der Waals surface area contributed by atoms with Gasteiger partial charge in [-0.3, -0.25) is 0 Å². The molecule has 78 valence electrons. The standard InChI is InChI=1S/C9H18O4/c1-5-7(10)9(12-4)8(11-3)6(2)13-5/h5-10H,1-4H3. The number of rotatable bonds is 2. The third kappa shape index (κ3) is 2.02. The third-order valence-electron chi connectivity index (χ3n) is 2.58. The van der Waals surface area contributed by atoms with Gasteiger partial charge < -0.3 is 19.3 Å². The first kappa shape index (κ1) is 10.9. The fraction of sp³-hybridized carbons (Fsp3) is 1.00. The van der Waals surface area contributed by atoms with Gasteiger partial charge in [-0.15, -0.1) is 0 Å². The molecule has 5 atom stereocenters. The maximum Gasteiger partial charge on any atom is 0.114 e. The Morgan fingerprint density at radius 3 is 2.00 bits per heavy atom. The highest BCUT2D eigenvalue weighted by Gasteiger charge is 2.41. The topological polar surface area (TPSA) is 47.9 Å². The second kappa shape index (κ2) is 4.37. The summed E-state index contributed by atoms with van der Waals surface area (Å²) in [5.74, 6) is 0. The van der Waals surface area contributed by atoms with Crippen LogP contribution in [0.5, 0.6) is 0 Å². The van der Waals surface area contributed by atoms with Crippen molar-refractivity contribution >= 4 is 0 Å². The summed E-state index contributed by atoms with van der Waals surface area (Å²) in [6.45, 7) is 3.75. The zero-order chi connectivity index (χ0) is 10.0. The number of hydrogen-bond donors (Lipinski definition) is 1. The van der Waals surface area contributed by atoms with Gasteiger partial charge in [0, 0.05) is 14.2 Å². The molecule has 0 amide bonds. The van der Waals surface area contributed by atoms with E-state index < -0.39 is 6.10 Å². The van der Waals surface area contributed by atoms with E-state index in [4.69, 9.17) is 14.2 Å². The summed E-state index contributed by atoms with van der Waals surface area (Å²) in [6.07, 6.45) is -1.37. The molecule has 0 aromatic rings. The first-order chi connectivity index (χ1) is 6.11. The van der Waals surface area contributed by atoms with Gasteiger partial charge in [-0.05, 0) is 13.8 Å². The molecule has 0 aromatic heterocycles. The molecule has 0 aliphatic carbocycles. The normalized spacial score (nSPS) is 46.4. The summed E-state index contributed by atoms with van der Waals surface area (Å²) in [5.41, 5.74) is 0. The Morgan fingerprint density at radius 1 is 1.00 bits per heavy atom. The van der Waals surface area contributed by atoms with E-state index in [1.165, 1.54) is 0 Å². The number of aliphatic hydroxyl groups excluding tert-OH is 1. The smallest absolute Gasteiger partial charge is 0.114 e. The Bertz CT molecular complexity index is 162. The second-order valence-electron chi connectivity index (χ2n) is 3.44. The fourth-order valence-electron chi connectivity index (χ4n) is 1.82. The first-order valence-corrected chi connectivity index (χ1v) is 4.51. The van der Waals surface area contributed by atoms with E-state index in [9.17, 15) is 5.11 Å². The Kier molecular flexibility index (Phi) is 3.67. The molecule has 4 nitrogen and oxygen atoms in total. The molecule has 0 saturated carbocycles. The summed E-state index contributed by atoms with van der Waals surface area (Å²) in [6, 6.07) is 0. The summed E-state index contributed by atoms with van der Waals surface area (Å²) in [4.78, 5) is 0. The van der Waals surface area contributed by atoms with Crippen LogP contribution >= 0.6 is 0 Å². The minimum atomic E-state index is -0.619. The molecule has 1 aliphatic rings. The molecule has 13 heavy (non-hydrogen) atoms. The summed E-state index contributed by atoms with van der Waals surface area (Å²) in [7, 11) is 3.17. The van der Waals surface area contributed by atoms with Crippen LogP contribution in [0.25, 0.3) is 0 Å². The van der Waals surface area contributed by atoms with E-state index >= 15 is 0 Å². The molecule has 0 aromatic carbocycles. The second-order valence-corrected chi connectivity index (χ2v) is 3.44. The molecule has 0 spiro atoms. The van der Waals surface area contributed by atoms with Crippen molar-refractivity contribution in [3.05, 3.63) is 0 Å². The number of ether oxygens (including phenoxy) is 3. The average Bonchev–Trinajstić information content (AvgIpc) is 2.10. The molecule has 1 fully saturated rings. The predicted octanol–water partition coefficient (Wildman–Crippen LogP) is 0.184. The zero-order valence-corrected chi connectivity index (χ0v) is 8.56. The van der Waals surface area contributed by atoms with Crippen LogP contribution in [0.2, 0.25) is 0 Å². The van der Waals surface area contributed by atoms with Crippen LogP contribution in [0.3, 0.4) is 0 Å². The Labute approximate surface area is 78.8 Å². The van der Waals surface area contributed by atoms with Gasteiger partial charge in [-0.2, -0.15) is 0 Å². The molecular formula is C9H18O4. The van der Waals surface area contributed by atoms with Gasteiger partial charge in [0.1, 0.15) is 18.3 Å². The molecule has 1 heterocycles. The van der Waals surface area contributed by atoms with Crippen LogP contribution in [0.1, 0.15) is 13.8 Å². The van der Waals surface area contributed by atoms with E-state index in [0.717, 1.165) is 0 Å². The maximum absolute atomic E-state index is 9.73. The van der Waals surface area contributed by atoms with Crippen molar-refractivity contribution in [1.29, 1.82) is 0 Å². The first-order valence-electron chi connectivity index (χ1n) is 4.51. The Hall–Kier alpha value is -0.160. The molecule has 1 aliphatic heterocycles. The van der Waals surface area contributed by atoms with Crippen LogP contribution in [-0.2, 0) is 14.2 Å². The lowest BCUT2D eigenvalue weighted by Crippen LogP contribution is -2.57. The number of methoxy groups -OCH3 is 2. The number of hydrogen-bond acceptors (Lipinski definition) is 4. The van der Waals surface area contributed by atoms with Gasteiger partial charge in [-0.1, -0.05) is 0 Å². The van der Waals surface area contributed by atoms with Crippen LogP contribution < -0.4 is 0 Å². The van der Waals surface area contributed by atoms with E-state index in [1.54, 1.807) is 14.2 Å². The lowest BCUT2D eigenvalue weighted by Gasteiger charge is -2.41. The lowest BCUT2D eigenvalue weighted by atomic mass is 9.96. The predicted molar refractivity (Wildman–Crippen MR) is 47.6 cm³/mol. The van der Waals surface area contributed by atoms with Crippen molar-refractivity contribution in [1.82, 2.24) is 0 Å². The van der Waals surface area contributed by atoms with Crippen molar-refractivity contribution in [2.75, 3.05) is 14.2 Å². The highest BCUT2D eigenvalue weighted by molar-refractivity contribution is 4.90. The molecule has 1 rings (SSSR count). The fourth-order valence-corrected chi connectivity index (χ4v) is 1.82. The SMILES string of the molecule is COC1C(C)OC(C)C(O)C1OC.